The standard InChI is InChI=1S/C14H14N4/c1-9-11-4-2-3-5-12(11)17-14(9)13-6-10(7-15)8-16-18-13/h2-6,8,17H,7,15H2,1H3. The van der Waals surface area contributed by atoms with E-state index in [2.05, 4.69) is 34.2 Å². The van der Waals surface area contributed by atoms with Gasteiger partial charge in [0.15, 0.2) is 0 Å². The second-order valence-corrected chi connectivity index (χ2v) is 4.32. The van der Waals surface area contributed by atoms with Gasteiger partial charge in [-0.3, -0.25) is 0 Å². The number of H-pyrrole nitrogens is 1. The molecule has 2 heterocycles. The number of benzene rings is 1. The molecule has 0 saturated heterocycles. The Balaban J connectivity index is 2.21. The molecule has 0 atom stereocenters. The Morgan fingerprint density at radius 2 is 2.11 bits per heavy atom. The van der Waals surface area contributed by atoms with Gasteiger partial charge in [-0.15, -0.1) is 5.10 Å². The molecular formula is C14H14N4. The number of rotatable bonds is 2. The van der Waals surface area contributed by atoms with Crippen LogP contribution in [0, 0.1) is 6.92 Å². The number of aromatic nitrogens is 3. The normalized spacial score (nSPS) is 11.0. The molecule has 0 amide bonds. The van der Waals surface area contributed by atoms with Crippen LogP contribution in [0.5, 0.6) is 0 Å². The first-order valence-corrected chi connectivity index (χ1v) is 5.89. The first kappa shape index (κ1) is 10.9. The number of nitrogens with two attached hydrogens (primary N) is 1. The molecule has 0 aliphatic rings. The van der Waals surface area contributed by atoms with Crippen LogP contribution < -0.4 is 5.73 Å². The fourth-order valence-corrected chi connectivity index (χ4v) is 2.18. The van der Waals surface area contributed by atoms with Crippen LogP contribution in [-0.4, -0.2) is 15.2 Å². The molecule has 0 saturated carbocycles. The van der Waals surface area contributed by atoms with Crippen LogP contribution in [0.25, 0.3) is 22.3 Å². The lowest BCUT2D eigenvalue weighted by atomic mass is 10.1. The van der Waals surface area contributed by atoms with Crippen molar-refractivity contribution >= 4 is 10.9 Å². The molecule has 3 N–H and O–H groups in total. The van der Waals surface area contributed by atoms with E-state index in [0.717, 1.165) is 22.5 Å². The van der Waals surface area contributed by atoms with E-state index in [1.165, 1.54) is 10.9 Å². The zero-order chi connectivity index (χ0) is 12.5. The molecule has 0 fully saturated rings. The van der Waals surface area contributed by atoms with Gasteiger partial charge in [-0.2, -0.15) is 5.10 Å². The number of aryl methyl sites for hydroxylation is 1. The molecule has 3 aromatic rings. The second-order valence-electron chi connectivity index (χ2n) is 4.32. The summed E-state index contributed by atoms with van der Waals surface area (Å²) in [7, 11) is 0. The van der Waals surface area contributed by atoms with E-state index in [9.17, 15) is 0 Å². The second kappa shape index (κ2) is 4.23. The Bertz CT molecular complexity index is 700. The highest BCUT2D eigenvalue weighted by Gasteiger charge is 2.10. The Morgan fingerprint density at radius 3 is 2.89 bits per heavy atom. The summed E-state index contributed by atoms with van der Waals surface area (Å²) in [6.45, 7) is 2.56. The van der Waals surface area contributed by atoms with Crippen molar-refractivity contribution in [2.45, 2.75) is 13.5 Å². The van der Waals surface area contributed by atoms with Gasteiger partial charge < -0.3 is 10.7 Å². The SMILES string of the molecule is Cc1c(-c2cc(CN)cnn2)[nH]c2ccccc12. The lowest BCUT2D eigenvalue weighted by molar-refractivity contribution is 0.967. The zero-order valence-corrected chi connectivity index (χ0v) is 10.1. The van der Waals surface area contributed by atoms with Crippen molar-refractivity contribution in [1.29, 1.82) is 0 Å². The van der Waals surface area contributed by atoms with Crippen LogP contribution in [0.3, 0.4) is 0 Å². The molecule has 4 heteroatoms. The number of nitrogens with one attached hydrogen (secondary N) is 1. The summed E-state index contributed by atoms with van der Waals surface area (Å²) in [4.78, 5) is 3.39. The molecular weight excluding hydrogens is 224 g/mol. The summed E-state index contributed by atoms with van der Waals surface area (Å²) in [6, 6.07) is 10.2. The quantitative estimate of drug-likeness (QED) is 0.720. The van der Waals surface area contributed by atoms with Crippen molar-refractivity contribution in [3.63, 3.8) is 0 Å². The first-order valence-electron chi connectivity index (χ1n) is 5.89. The molecule has 18 heavy (non-hydrogen) atoms. The maximum absolute atomic E-state index is 5.63. The third-order valence-corrected chi connectivity index (χ3v) is 3.17. The first-order chi connectivity index (χ1) is 8.79. The van der Waals surface area contributed by atoms with Crippen molar-refractivity contribution in [1.82, 2.24) is 15.2 Å². The molecule has 3 rings (SSSR count). The minimum absolute atomic E-state index is 0.474. The predicted octanol–water partition coefficient (Wildman–Crippen LogP) is 2.39. The smallest absolute Gasteiger partial charge is 0.110 e. The van der Waals surface area contributed by atoms with E-state index in [-0.39, 0.29) is 0 Å². The molecule has 0 spiro atoms. The predicted molar refractivity (Wildman–Crippen MR) is 72.0 cm³/mol. The molecule has 2 aromatic heterocycles. The van der Waals surface area contributed by atoms with Gasteiger partial charge >= 0.3 is 0 Å². The van der Waals surface area contributed by atoms with E-state index in [4.69, 9.17) is 5.73 Å². The number of aromatic amines is 1. The number of hydrogen-bond donors (Lipinski definition) is 2. The molecule has 1 aromatic carbocycles. The van der Waals surface area contributed by atoms with E-state index in [1.807, 2.05) is 18.2 Å². The third-order valence-electron chi connectivity index (χ3n) is 3.17. The van der Waals surface area contributed by atoms with Gasteiger partial charge in [0.05, 0.1) is 11.9 Å². The largest absolute Gasteiger partial charge is 0.353 e. The summed E-state index contributed by atoms with van der Waals surface area (Å²) >= 11 is 0. The topological polar surface area (TPSA) is 67.6 Å². The molecule has 0 aliphatic heterocycles. The highest BCUT2D eigenvalue weighted by Crippen LogP contribution is 2.28. The Hall–Kier alpha value is -2.20. The van der Waals surface area contributed by atoms with Crippen LogP contribution >= 0.6 is 0 Å². The van der Waals surface area contributed by atoms with Gasteiger partial charge in [0.2, 0.25) is 0 Å². The van der Waals surface area contributed by atoms with E-state index < -0.39 is 0 Å². The fourth-order valence-electron chi connectivity index (χ4n) is 2.18. The molecule has 0 unspecified atom stereocenters. The number of para-hydroxylation sites is 1. The van der Waals surface area contributed by atoms with Gasteiger partial charge in [-0.25, -0.2) is 0 Å². The number of hydrogen-bond acceptors (Lipinski definition) is 3. The Kier molecular flexibility index (Phi) is 2.57. The molecule has 4 nitrogen and oxygen atoms in total. The van der Waals surface area contributed by atoms with Crippen LogP contribution in [0.2, 0.25) is 0 Å². The average Bonchev–Trinajstić information content (AvgIpc) is 2.77. The van der Waals surface area contributed by atoms with Gasteiger partial charge in [0.1, 0.15) is 5.69 Å². The van der Waals surface area contributed by atoms with Crippen molar-refractivity contribution in [3.05, 3.63) is 47.7 Å². The van der Waals surface area contributed by atoms with Crippen molar-refractivity contribution in [2.75, 3.05) is 0 Å². The van der Waals surface area contributed by atoms with Crippen molar-refractivity contribution < 1.29 is 0 Å². The summed E-state index contributed by atoms with van der Waals surface area (Å²) in [5, 5.41) is 9.39. The molecule has 90 valence electrons. The fraction of sp³-hybridized carbons (Fsp3) is 0.143. The Labute approximate surface area is 105 Å². The van der Waals surface area contributed by atoms with Crippen LogP contribution in [0.1, 0.15) is 11.1 Å². The van der Waals surface area contributed by atoms with Crippen LogP contribution in [0.4, 0.5) is 0 Å². The highest BCUT2D eigenvalue weighted by molar-refractivity contribution is 5.89. The average molecular weight is 238 g/mol. The van der Waals surface area contributed by atoms with Gasteiger partial charge in [-0.05, 0) is 30.2 Å². The monoisotopic (exact) mass is 238 g/mol. The van der Waals surface area contributed by atoms with E-state index >= 15 is 0 Å². The zero-order valence-electron chi connectivity index (χ0n) is 10.1. The van der Waals surface area contributed by atoms with Gasteiger partial charge in [-0.1, -0.05) is 18.2 Å². The molecule has 0 aliphatic carbocycles. The maximum atomic E-state index is 5.63. The lowest BCUT2D eigenvalue weighted by Crippen LogP contribution is -1.99. The summed E-state index contributed by atoms with van der Waals surface area (Å²) in [5.41, 5.74) is 10.8. The lowest BCUT2D eigenvalue weighted by Gasteiger charge is -2.01. The van der Waals surface area contributed by atoms with Crippen molar-refractivity contribution in [2.24, 2.45) is 5.73 Å². The molecule has 0 bridgehead atoms. The van der Waals surface area contributed by atoms with Gasteiger partial charge in [0, 0.05) is 17.4 Å². The third kappa shape index (κ3) is 1.67. The minimum Gasteiger partial charge on any atom is -0.353 e. The number of nitrogens with zero attached hydrogens (tertiary/aromatic N) is 2. The summed E-state index contributed by atoms with van der Waals surface area (Å²) < 4.78 is 0. The van der Waals surface area contributed by atoms with Crippen molar-refractivity contribution in [3.8, 4) is 11.4 Å². The highest BCUT2D eigenvalue weighted by atomic mass is 15.1. The van der Waals surface area contributed by atoms with E-state index in [0.29, 0.717) is 6.54 Å². The van der Waals surface area contributed by atoms with Crippen LogP contribution in [-0.2, 0) is 6.54 Å². The van der Waals surface area contributed by atoms with Gasteiger partial charge in [0.25, 0.3) is 0 Å². The Morgan fingerprint density at radius 1 is 1.28 bits per heavy atom. The van der Waals surface area contributed by atoms with Crippen LogP contribution in [0.15, 0.2) is 36.5 Å². The minimum atomic E-state index is 0.474. The summed E-state index contributed by atoms with van der Waals surface area (Å²) in [5.74, 6) is 0. The maximum Gasteiger partial charge on any atom is 0.110 e. The summed E-state index contributed by atoms with van der Waals surface area (Å²) in [6.07, 6.45) is 1.70. The number of fused-ring (bicyclic) bond motifs is 1. The molecule has 0 radical (unpaired) electrons. The van der Waals surface area contributed by atoms with E-state index in [1.54, 1.807) is 6.20 Å².